The van der Waals surface area contributed by atoms with E-state index in [-0.39, 0.29) is 16.7 Å². The lowest BCUT2D eigenvalue weighted by Crippen LogP contribution is -2.27. The Hall–Kier alpha value is -3.27. The number of hydrogen-bond acceptors (Lipinski definition) is 3. The molecule has 0 N–H and O–H groups in total. The third-order valence-corrected chi connectivity index (χ3v) is 4.58. The molecular weight excluding hydrogens is 392 g/mol. The predicted octanol–water partition coefficient (Wildman–Crippen LogP) is 5.58. The molecule has 0 unspecified atom stereocenters. The second-order valence-corrected chi connectivity index (χ2v) is 7.79. The summed E-state index contributed by atoms with van der Waals surface area (Å²) in [6.45, 7) is 6.06. The highest BCUT2D eigenvalue weighted by molar-refractivity contribution is 6.10. The normalized spacial score (nSPS) is 12.3. The summed E-state index contributed by atoms with van der Waals surface area (Å²) in [6.07, 6.45) is -3.00. The lowest BCUT2D eigenvalue weighted by atomic mass is 9.85. The number of halogens is 3. The molecule has 7 heteroatoms. The maximum Gasteiger partial charge on any atom is 0.416 e. The molecule has 0 aliphatic carbocycles. The number of benzene rings is 2. The van der Waals surface area contributed by atoms with E-state index in [0.29, 0.717) is 11.3 Å². The Balaban J connectivity index is 2.36. The van der Waals surface area contributed by atoms with Gasteiger partial charge in [0.15, 0.2) is 0 Å². The van der Waals surface area contributed by atoms with E-state index in [1.54, 1.807) is 19.2 Å². The van der Waals surface area contributed by atoms with Crippen molar-refractivity contribution in [1.29, 1.82) is 5.26 Å². The number of methoxy groups -OCH3 is 1. The average Bonchev–Trinajstić information content (AvgIpc) is 2.69. The summed E-state index contributed by atoms with van der Waals surface area (Å²) in [5.41, 5.74) is 0.645. The van der Waals surface area contributed by atoms with Crippen molar-refractivity contribution in [2.24, 2.45) is 0 Å². The Kier molecular flexibility index (Phi) is 6.61. The molecule has 0 atom stereocenters. The summed E-state index contributed by atoms with van der Waals surface area (Å²) in [4.78, 5) is 13.9. The molecule has 0 saturated heterocycles. The van der Waals surface area contributed by atoms with Gasteiger partial charge in [0.05, 0.1) is 12.7 Å². The van der Waals surface area contributed by atoms with Gasteiger partial charge in [0.25, 0.3) is 5.91 Å². The minimum atomic E-state index is -4.46. The van der Waals surface area contributed by atoms with Crippen LogP contribution in [0.3, 0.4) is 0 Å². The van der Waals surface area contributed by atoms with E-state index in [1.165, 1.54) is 25.3 Å². The Bertz CT molecular complexity index is 995. The lowest BCUT2D eigenvalue weighted by molar-refractivity contribution is -0.137. The molecule has 0 bridgehead atoms. The molecule has 0 fully saturated rings. The van der Waals surface area contributed by atoms with Gasteiger partial charge in [-0.2, -0.15) is 18.4 Å². The molecule has 2 aromatic carbocycles. The number of alkyl halides is 3. The fourth-order valence-corrected chi connectivity index (χ4v) is 2.88. The highest BCUT2D eigenvalue weighted by atomic mass is 19.4. The lowest BCUT2D eigenvalue weighted by Gasteiger charge is -2.22. The molecule has 0 spiro atoms. The van der Waals surface area contributed by atoms with Crippen LogP contribution in [0.15, 0.2) is 48.0 Å². The monoisotopic (exact) mass is 415 g/mol. The topological polar surface area (TPSA) is 53.3 Å². The second-order valence-electron chi connectivity index (χ2n) is 7.79. The number of likely N-dealkylation sites (N-methyl/N-ethyl adjacent to an activating group) is 1. The van der Waals surface area contributed by atoms with Gasteiger partial charge in [0, 0.05) is 18.3 Å². The number of carbonyl (C=O) groups excluding carboxylic acids is 1. The number of nitrogens with zero attached hydrogens (tertiary/aromatic N) is 2. The highest BCUT2D eigenvalue weighted by Gasteiger charge is 2.30. The van der Waals surface area contributed by atoms with E-state index >= 15 is 0 Å². The van der Waals surface area contributed by atoms with Crippen molar-refractivity contribution >= 4 is 17.7 Å². The first-order valence-corrected chi connectivity index (χ1v) is 9.14. The van der Waals surface area contributed by atoms with Gasteiger partial charge in [-0.15, -0.1) is 0 Å². The number of hydrogen-bond donors (Lipinski definition) is 0. The molecule has 1 amide bonds. The van der Waals surface area contributed by atoms with Gasteiger partial charge in [-0.1, -0.05) is 26.8 Å². The molecule has 158 valence electrons. The van der Waals surface area contributed by atoms with Crippen molar-refractivity contribution < 1.29 is 22.7 Å². The first kappa shape index (κ1) is 23.0. The number of carbonyl (C=O) groups is 1. The van der Waals surface area contributed by atoms with Crippen LogP contribution >= 0.6 is 0 Å². The van der Waals surface area contributed by atoms with E-state index < -0.39 is 17.6 Å². The molecule has 2 aromatic rings. The molecule has 0 aliphatic rings. The van der Waals surface area contributed by atoms with Gasteiger partial charge < -0.3 is 9.64 Å². The van der Waals surface area contributed by atoms with Crippen LogP contribution in [0, 0.1) is 11.3 Å². The maximum absolute atomic E-state index is 12.8. The van der Waals surface area contributed by atoms with Gasteiger partial charge in [0.2, 0.25) is 0 Å². The van der Waals surface area contributed by atoms with Crippen LogP contribution in [0.25, 0.3) is 6.08 Å². The van der Waals surface area contributed by atoms with E-state index in [4.69, 9.17) is 4.74 Å². The predicted molar refractivity (Wildman–Crippen MR) is 110 cm³/mol. The van der Waals surface area contributed by atoms with Gasteiger partial charge in [0.1, 0.15) is 17.4 Å². The average molecular weight is 415 g/mol. The smallest absolute Gasteiger partial charge is 0.416 e. The van der Waals surface area contributed by atoms with Gasteiger partial charge in [-0.25, -0.2) is 0 Å². The van der Waals surface area contributed by atoms with Crippen LogP contribution in [-0.2, 0) is 16.4 Å². The minimum absolute atomic E-state index is 0.137. The zero-order valence-corrected chi connectivity index (χ0v) is 17.5. The summed E-state index contributed by atoms with van der Waals surface area (Å²) in [5, 5.41) is 9.50. The fourth-order valence-electron chi connectivity index (χ4n) is 2.88. The molecule has 0 saturated carbocycles. The summed E-state index contributed by atoms with van der Waals surface area (Å²) in [5.74, 6) is 0.0803. The van der Waals surface area contributed by atoms with E-state index in [2.05, 4.69) is 0 Å². The van der Waals surface area contributed by atoms with Crippen molar-refractivity contribution in [3.05, 3.63) is 64.7 Å². The van der Waals surface area contributed by atoms with Crippen LogP contribution in [0.4, 0.5) is 18.9 Å². The molecule has 0 radical (unpaired) electrons. The quantitative estimate of drug-likeness (QED) is 0.484. The Morgan fingerprint density at radius 2 is 1.70 bits per heavy atom. The third-order valence-electron chi connectivity index (χ3n) is 4.58. The van der Waals surface area contributed by atoms with Crippen LogP contribution in [-0.4, -0.2) is 20.1 Å². The number of ether oxygens (including phenoxy) is 1. The van der Waals surface area contributed by atoms with Crippen molar-refractivity contribution in [3.63, 3.8) is 0 Å². The minimum Gasteiger partial charge on any atom is -0.496 e. The molecule has 0 aliphatic heterocycles. The molecule has 0 heterocycles. The standard InChI is InChI=1S/C23H23F3N2O2/c1-22(2,3)19-13-15(6-11-20(19)30-5)12-16(14-27)21(29)28(4)18-9-7-17(8-10-18)23(24,25)26/h6-13H,1-5H3/b16-12+/i4-1. The van der Waals surface area contributed by atoms with Crippen LogP contribution in [0.5, 0.6) is 5.75 Å². The summed E-state index contributed by atoms with van der Waals surface area (Å²) in [6, 6.07) is 11.4. The Morgan fingerprint density at radius 1 is 1.10 bits per heavy atom. The van der Waals surface area contributed by atoms with Gasteiger partial charge in [-0.3, -0.25) is 4.79 Å². The SMILES string of the molecule is COc1ccc(/C=C(\C#N)C(=O)N([11CH3])c2ccc(C(F)(F)F)cc2)cc1C(C)(C)C. The number of nitriles is 1. The number of amides is 1. The third kappa shape index (κ3) is 5.20. The van der Waals surface area contributed by atoms with E-state index in [9.17, 15) is 23.2 Å². The van der Waals surface area contributed by atoms with Crippen molar-refractivity contribution in [1.82, 2.24) is 0 Å². The van der Waals surface area contributed by atoms with Crippen molar-refractivity contribution in [3.8, 4) is 11.8 Å². The van der Waals surface area contributed by atoms with Crippen LogP contribution < -0.4 is 9.64 Å². The number of rotatable bonds is 4. The van der Waals surface area contributed by atoms with Crippen LogP contribution in [0.2, 0.25) is 0 Å². The summed E-state index contributed by atoms with van der Waals surface area (Å²) in [7, 11) is 2.98. The summed E-state index contributed by atoms with van der Waals surface area (Å²) < 4.78 is 43.6. The Labute approximate surface area is 174 Å². The van der Waals surface area contributed by atoms with Gasteiger partial charge in [-0.05, 0) is 53.5 Å². The maximum atomic E-state index is 12.8. The van der Waals surface area contributed by atoms with Crippen molar-refractivity contribution in [2.75, 3.05) is 19.1 Å². The number of anilines is 1. The first-order valence-electron chi connectivity index (χ1n) is 9.14. The zero-order chi connectivity index (χ0) is 22.7. The Morgan fingerprint density at radius 3 is 2.17 bits per heavy atom. The molecule has 2 rings (SSSR count). The molecule has 4 nitrogen and oxygen atoms in total. The second kappa shape index (κ2) is 8.62. The largest absolute Gasteiger partial charge is 0.496 e. The van der Waals surface area contributed by atoms with Crippen molar-refractivity contribution in [2.45, 2.75) is 32.4 Å². The fraction of sp³-hybridized carbons (Fsp3) is 0.304. The molecule has 0 aromatic heterocycles. The zero-order valence-electron chi connectivity index (χ0n) is 17.5. The van der Waals surface area contributed by atoms with E-state index in [1.807, 2.05) is 32.9 Å². The first-order chi connectivity index (χ1) is 13.9. The molecule has 30 heavy (non-hydrogen) atoms. The van der Waals surface area contributed by atoms with E-state index in [0.717, 1.165) is 22.6 Å². The highest BCUT2D eigenvalue weighted by Crippen LogP contribution is 2.33. The molecular formula is C23H23F3N2O2. The van der Waals surface area contributed by atoms with Gasteiger partial charge >= 0.3 is 6.18 Å². The summed E-state index contributed by atoms with van der Waals surface area (Å²) >= 11 is 0. The van der Waals surface area contributed by atoms with Crippen LogP contribution in [0.1, 0.15) is 37.5 Å².